The molecule has 2 rings (SSSR count). The van der Waals surface area contributed by atoms with Gasteiger partial charge in [-0.2, -0.15) is 0 Å². The highest BCUT2D eigenvalue weighted by molar-refractivity contribution is 5.18. The Hall–Kier alpha value is -0.970. The average Bonchev–Trinajstić information content (AvgIpc) is 2.75. The number of nitrogens with zero attached hydrogens (tertiary/aromatic N) is 1. The van der Waals surface area contributed by atoms with Gasteiger partial charge in [0.2, 0.25) is 0 Å². The molecule has 106 valence electrons. The fourth-order valence-electron chi connectivity index (χ4n) is 2.82. The maximum Gasteiger partial charge on any atom is 0.123 e. The molecule has 1 aliphatic rings. The van der Waals surface area contributed by atoms with Crippen LogP contribution in [0.15, 0.2) is 24.3 Å². The largest absolute Gasteiger partial charge is 0.393 e. The lowest BCUT2D eigenvalue weighted by Gasteiger charge is -2.25. The standard InChI is InChI=1S/C15H22FNO2/c1-17(9-12-5-3-7-14(12)18)10-15(19)11-4-2-6-13(16)8-11/h2,4,6,8,12,14-15,18-19H,3,5,7,9-10H2,1H3. The smallest absolute Gasteiger partial charge is 0.123 e. The lowest BCUT2D eigenvalue weighted by atomic mass is 10.0. The second-order valence-electron chi connectivity index (χ2n) is 5.55. The van der Waals surface area contributed by atoms with Crippen molar-refractivity contribution < 1.29 is 14.6 Å². The zero-order valence-electron chi connectivity index (χ0n) is 11.3. The molecule has 19 heavy (non-hydrogen) atoms. The van der Waals surface area contributed by atoms with Crippen molar-refractivity contribution in [3.8, 4) is 0 Å². The third-order valence-electron chi connectivity index (χ3n) is 3.88. The van der Waals surface area contributed by atoms with Crippen LogP contribution in [0.25, 0.3) is 0 Å². The summed E-state index contributed by atoms with van der Waals surface area (Å²) in [7, 11) is 1.92. The van der Waals surface area contributed by atoms with Gasteiger partial charge in [-0.15, -0.1) is 0 Å². The highest BCUT2D eigenvalue weighted by Gasteiger charge is 2.26. The average molecular weight is 267 g/mol. The van der Waals surface area contributed by atoms with E-state index in [2.05, 4.69) is 0 Å². The maximum absolute atomic E-state index is 13.1. The van der Waals surface area contributed by atoms with Gasteiger partial charge in [0.05, 0.1) is 12.2 Å². The summed E-state index contributed by atoms with van der Waals surface area (Å²) in [6.45, 7) is 1.22. The van der Waals surface area contributed by atoms with Crippen LogP contribution < -0.4 is 0 Å². The molecular formula is C15H22FNO2. The molecule has 0 amide bonds. The lowest BCUT2D eigenvalue weighted by Crippen LogP contribution is -2.32. The van der Waals surface area contributed by atoms with Gasteiger partial charge >= 0.3 is 0 Å². The molecule has 0 saturated heterocycles. The molecule has 1 aromatic rings. The molecule has 3 unspecified atom stereocenters. The Morgan fingerprint density at radius 3 is 2.84 bits per heavy atom. The van der Waals surface area contributed by atoms with Crippen LogP contribution in [-0.2, 0) is 0 Å². The van der Waals surface area contributed by atoms with Crippen molar-refractivity contribution in [2.45, 2.75) is 31.5 Å². The Kier molecular flexibility index (Phi) is 4.91. The molecule has 0 radical (unpaired) electrons. The summed E-state index contributed by atoms with van der Waals surface area (Å²) < 4.78 is 13.1. The molecule has 3 nitrogen and oxygen atoms in total. The molecular weight excluding hydrogens is 245 g/mol. The Labute approximate surface area is 113 Å². The minimum absolute atomic E-state index is 0.214. The number of aliphatic hydroxyl groups is 2. The Balaban J connectivity index is 1.86. The number of likely N-dealkylation sites (N-methyl/N-ethyl adjacent to an activating group) is 1. The molecule has 0 aliphatic heterocycles. The molecule has 1 aliphatic carbocycles. The summed E-state index contributed by atoms with van der Waals surface area (Å²) in [5.74, 6) is -0.0323. The minimum Gasteiger partial charge on any atom is -0.393 e. The fourth-order valence-corrected chi connectivity index (χ4v) is 2.82. The van der Waals surface area contributed by atoms with E-state index in [1.54, 1.807) is 12.1 Å². The summed E-state index contributed by atoms with van der Waals surface area (Å²) in [6.07, 6.45) is 2.09. The second-order valence-corrected chi connectivity index (χ2v) is 5.55. The monoisotopic (exact) mass is 267 g/mol. The van der Waals surface area contributed by atoms with Crippen molar-refractivity contribution in [3.63, 3.8) is 0 Å². The third-order valence-corrected chi connectivity index (χ3v) is 3.88. The van der Waals surface area contributed by atoms with Gasteiger partial charge in [-0.1, -0.05) is 18.6 Å². The number of hydrogen-bond acceptors (Lipinski definition) is 3. The predicted molar refractivity (Wildman–Crippen MR) is 72.2 cm³/mol. The number of rotatable bonds is 5. The van der Waals surface area contributed by atoms with E-state index in [1.807, 2.05) is 11.9 Å². The van der Waals surface area contributed by atoms with E-state index in [9.17, 15) is 14.6 Å². The number of hydrogen-bond donors (Lipinski definition) is 2. The van der Waals surface area contributed by atoms with Gasteiger partial charge in [0.15, 0.2) is 0 Å². The van der Waals surface area contributed by atoms with Gasteiger partial charge in [0.1, 0.15) is 5.82 Å². The van der Waals surface area contributed by atoms with Crippen molar-refractivity contribution in [1.29, 1.82) is 0 Å². The van der Waals surface area contributed by atoms with Crippen LogP contribution in [0.1, 0.15) is 30.9 Å². The van der Waals surface area contributed by atoms with Crippen LogP contribution in [0.3, 0.4) is 0 Å². The van der Waals surface area contributed by atoms with Crippen molar-refractivity contribution in [3.05, 3.63) is 35.6 Å². The molecule has 1 aromatic carbocycles. The van der Waals surface area contributed by atoms with Crippen molar-refractivity contribution in [2.24, 2.45) is 5.92 Å². The quantitative estimate of drug-likeness (QED) is 0.857. The number of benzene rings is 1. The summed E-state index contributed by atoms with van der Waals surface area (Å²) in [4.78, 5) is 2.01. The molecule has 0 aromatic heterocycles. The number of halogens is 1. The molecule has 2 N–H and O–H groups in total. The van der Waals surface area contributed by atoms with Crippen molar-refractivity contribution in [2.75, 3.05) is 20.1 Å². The second kappa shape index (κ2) is 6.46. The van der Waals surface area contributed by atoms with Crippen LogP contribution in [0, 0.1) is 11.7 Å². The Morgan fingerprint density at radius 1 is 1.42 bits per heavy atom. The van der Waals surface area contributed by atoms with Crippen LogP contribution in [-0.4, -0.2) is 41.4 Å². The first-order valence-corrected chi connectivity index (χ1v) is 6.86. The molecule has 0 heterocycles. The Morgan fingerprint density at radius 2 is 2.21 bits per heavy atom. The van der Waals surface area contributed by atoms with Gasteiger partial charge in [-0.3, -0.25) is 0 Å². The first-order chi connectivity index (χ1) is 9.06. The molecule has 1 saturated carbocycles. The highest BCUT2D eigenvalue weighted by atomic mass is 19.1. The maximum atomic E-state index is 13.1. The van der Waals surface area contributed by atoms with Gasteiger partial charge in [0.25, 0.3) is 0 Å². The SMILES string of the molecule is CN(CC(O)c1cccc(F)c1)CC1CCCC1O. The van der Waals surface area contributed by atoms with Gasteiger partial charge in [-0.05, 0) is 43.5 Å². The number of aliphatic hydroxyl groups excluding tert-OH is 2. The summed E-state index contributed by atoms with van der Waals surface area (Å²) in [5.41, 5.74) is 0.596. The van der Waals surface area contributed by atoms with E-state index in [-0.39, 0.29) is 11.9 Å². The van der Waals surface area contributed by atoms with Crippen molar-refractivity contribution in [1.82, 2.24) is 4.90 Å². The molecule has 0 spiro atoms. The van der Waals surface area contributed by atoms with E-state index in [0.717, 1.165) is 25.8 Å². The van der Waals surface area contributed by atoms with Crippen LogP contribution in [0.2, 0.25) is 0 Å². The zero-order valence-corrected chi connectivity index (χ0v) is 11.3. The predicted octanol–water partition coefficient (Wildman–Crippen LogP) is 1.95. The fraction of sp³-hybridized carbons (Fsp3) is 0.600. The van der Waals surface area contributed by atoms with E-state index >= 15 is 0 Å². The molecule has 0 bridgehead atoms. The lowest BCUT2D eigenvalue weighted by molar-refractivity contribution is 0.0821. The minimum atomic E-state index is -0.695. The van der Waals surface area contributed by atoms with E-state index in [4.69, 9.17) is 0 Å². The van der Waals surface area contributed by atoms with Gasteiger partial charge in [0, 0.05) is 13.1 Å². The zero-order chi connectivity index (χ0) is 13.8. The van der Waals surface area contributed by atoms with E-state index in [1.165, 1.54) is 12.1 Å². The van der Waals surface area contributed by atoms with Gasteiger partial charge < -0.3 is 15.1 Å². The topological polar surface area (TPSA) is 43.7 Å². The molecule has 1 fully saturated rings. The van der Waals surface area contributed by atoms with E-state index < -0.39 is 6.10 Å². The summed E-state index contributed by atoms with van der Waals surface area (Å²) in [5, 5.41) is 19.9. The highest BCUT2D eigenvalue weighted by Crippen LogP contribution is 2.26. The van der Waals surface area contributed by atoms with Crippen LogP contribution in [0.4, 0.5) is 4.39 Å². The summed E-state index contributed by atoms with van der Waals surface area (Å²) in [6, 6.07) is 6.07. The Bertz CT molecular complexity index is 413. The third kappa shape index (κ3) is 4.00. The summed E-state index contributed by atoms with van der Waals surface area (Å²) >= 11 is 0. The van der Waals surface area contributed by atoms with E-state index in [0.29, 0.717) is 18.0 Å². The normalized spacial score (nSPS) is 24.9. The van der Waals surface area contributed by atoms with Crippen LogP contribution in [0.5, 0.6) is 0 Å². The first-order valence-electron chi connectivity index (χ1n) is 6.86. The molecule has 3 atom stereocenters. The van der Waals surface area contributed by atoms with Crippen molar-refractivity contribution >= 4 is 0 Å². The first kappa shape index (κ1) is 14.4. The van der Waals surface area contributed by atoms with Crippen LogP contribution >= 0.6 is 0 Å². The van der Waals surface area contributed by atoms with Gasteiger partial charge in [-0.25, -0.2) is 4.39 Å². The molecule has 4 heteroatoms.